The molecule has 3 nitrogen and oxygen atoms in total. The van der Waals surface area contributed by atoms with Crippen LogP contribution in [0.4, 0.5) is 0 Å². The average Bonchev–Trinajstić information content (AvgIpc) is 2.00. The summed E-state index contributed by atoms with van der Waals surface area (Å²) < 4.78 is 5.32. The van der Waals surface area contributed by atoms with Crippen LogP contribution in [0, 0.1) is 0 Å². The van der Waals surface area contributed by atoms with Crippen LogP contribution in [0.15, 0.2) is 0 Å². The standard InChI is InChI=1S/C11H22N2O/c1-11(2)8-13(5-4-12-11)9-6-10(7-9)14-3/h9-10,12H,4-8H2,1-3H3/t9-,10-. The molecule has 1 aliphatic heterocycles. The van der Waals surface area contributed by atoms with Gasteiger partial charge in [0, 0.05) is 38.3 Å². The molecule has 0 aromatic rings. The van der Waals surface area contributed by atoms with Gasteiger partial charge in [0.25, 0.3) is 0 Å². The molecule has 2 fully saturated rings. The third-order valence-corrected chi connectivity index (χ3v) is 3.52. The van der Waals surface area contributed by atoms with Gasteiger partial charge >= 0.3 is 0 Å². The summed E-state index contributed by atoms with van der Waals surface area (Å²) in [5.74, 6) is 0. The summed E-state index contributed by atoms with van der Waals surface area (Å²) in [5, 5.41) is 3.54. The van der Waals surface area contributed by atoms with Crippen LogP contribution < -0.4 is 5.32 Å². The van der Waals surface area contributed by atoms with Crippen molar-refractivity contribution in [2.75, 3.05) is 26.7 Å². The topological polar surface area (TPSA) is 24.5 Å². The van der Waals surface area contributed by atoms with Crippen molar-refractivity contribution in [2.45, 2.75) is 44.4 Å². The van der Waals surface area contributed by atoms with Gasteiger partial charge in [-0.2, -0.15) is 0 Å². The predicted octanol–water partition coefficient (Wildman–Crippen LogP) is 0.848. The summed E-state index contributed by atoms with van der Waals surface area (Å²) in [6.45, 7) is 8.07. The molecule has 3 heteroatoms. The lowest BCUT2D eigenvalue weighted by Gasteiger charge is -2.48. The summed E-state index contributed by atoms with van der Waals surface area (Å²) in [5.41, 5.74) is 0.288. The normalized spacial score (nSPS) is 37.9. The highest BCUT2D eigenvalue weighted by Crippen LogP contribution is 2.29. The minimum absolute atomic E-state index is 0.288. The maximum atomic E-state index is 5.32. The van der Waals surface area contributed by atoms with Gasteiger partial charge in [-0.05, 0) is 26.7 Å². The second-order valence-corrected chi connectivity index (χ2v) is 5.26. The fourth-order valence-corrected chi connectivity index (χ4v) is 2.52. The van der Waals surface area contributed by atoms with Crippen molar-refractivity contribution in [3.63, 3.8) is 0 Å². The smallest absolute Gasteiger partial charge is 0.0601 e. The Morgan fingerprint density at radius 3 is 2.64 bits per heavy atom. The van der Waals surface area contributed by atoms with Crippen LogP contribution in [0.5, 0.6) is 0 Å². The van der Waals surface area contributed by atoms with Gasteiger partial charge in [0.15, 0.2) is 0 Å². The highest BCUT2D eigenvalue weighted by molar-refractivity contribution is 4.95. The lowest BCUT2D eigenvalue weighted by Crippen LogP contribution is -2.62. The van der Waals surface area contributed by atoms with Crippen molar-refractivity contribution >= 4 is 0 Å². The number of piperazine rings is 1. The maximum absolute atomic E-state index is 5.32. The van der Waals surface area contributed by atoms with Gasteiger partial charge in [0.2, 0.25) is 0 Å². The van der Waals surface area contributed by atoms with E-state index in [1.54, 1.807) is 0 Å². The molecule has 0 aromatic heterocycles. The summed E-state index contributed by atoms with van der Waals surface area (Å²) in [6.07, 6.45) is 2.98. The fourth-order valence-electron chi connectivity index (χ4n) is 2.52. The highest BCUT2D eigenvalue weighted by atomic mass is 16.5. The van der Waals surface area contributed by atoms with Gasteiger partial charge in [-0.3, -0.25) is 4.90 Å². The minimum Gasteiger partial charge on any atom is -0.381 e. The summed E-state index contributed by atoms with van der Waals surface area (Å²) in [4.78, 5) is 2.62. The number of nitrogens with one attached hydrogen (secondary N) is 1. The number of ether oxygens (including phenoxy) is 1. The van der Waals surface area contributed by atoms with E-state index in [-0.39, 0.29) is 5.54 Å². The molecule has 1 aliphatic carbocycles. The molecule has 1 heterocycles. The summed E-state index contributed by atoms with van der Waals surface area (Å²) in [6, 6.07) is 0.779. The number of hydrogen-bond acceptors (Lipinski definition) is 3. The molecule has 0 bridgehead atoms. The Balaban J connectivity index is 1.82. The molecule has 2 aliphatic rings. The van der Waals surface area contributed by atoms with Gasteiger partial charge in [-0.15, -0.1) is 0 Å². The molecule has 1 saturated carbocycles. The van der Waals surface area contributed by atoms with Gasteiger partial charge in [0.1, 0.15) is 0 Å². The number of hydrogen-bond donors (Lipinski definition) is 1. The Hall–Kier alpha value is -0.120. The first-order valence-electron chi connectivity index (χ1n) is 5.62. The molecular weight excluding hydrogens is 176 g/mol. The second-order valence-electron chi connectivity index (χ2n) is 5.26. The summed E-state index contributed by atoms with van der Waals surface area (Å²) >= 11 is 0. The fraction of sp³-hybridized carbons (Fsp3) is 1.00. The molecule has 0 atom stereocenters. The quantitative estimate of drug-likeness (QED) is 0.712. The van der Waals surface area contributed by atoms with Crippen LogP contribution >= 0.6 is 0 Å². The number of rotatable bonds is 2. The molecule has 0 amide bonds. The minimum atomic E-state index is 0.288. The van der Waals surface area contributed by atoms with E-state index in [0.717, 1.165) is 12.6 Å². The van der Waals surface area contributed by atoms with E-state index in [1.807, 2.05) is 7.11 Å². The van der Waals surface area contributed by atoms with Crippen LogP contribution in [0.3, 0.4) is 0 Å². The van der Waals surface area contributed by atoms with Gasteiger partial charge in [-0.25, -0.2) is 0 Å². The molecule has 0 spiro atoms. The number of nitrogens with zero attached hydrogens (tertiary/aromatic N) is 1. The summed E-state index contributed by atoms with van der Waals surface area (Å²) in [7, 11) is 1.82. The predicted molar refractivity (Wildman–Crippen MR) is 57.5 cm³/mol. The van der Waals surface area contributed by atoms with Crippen molar-refractivity contribution in [3.05, 3.63) is 0 Å². The van der Waals surface area contributed by atoms with Crippen molar-refractivity contribution < 1.29 is 4.74 Å². The van der Waals surface area contributed by atoms with Crippen LogP contribution in [-0.2, 0) is 4.74 Å². The van der Waals surface area contributed by atoms with E-state index in [1.165, 1.54) is 25.9 Å². The monoisotopic (exact) mass is 198 g/mol. The first-order valence-corrected chi connectivity index (χ1v) is 5.62. The SMILES string of the molecule is CO[C@H]1C[C@H](N2CCNC(C)(C)C2)C1. The molecular formula is C11H22N2O. The zero-order valence-electron chi connectivity index (χ0n) is 9.55. The van der Waals surface area contributed by atoms with E-state index < -0.39 is 0 Å². The van der Waals surface area contributed by atoms with Gasteiger partial charge in [0.05, 0.1) is 6.10 Å². The Morgan fingerprint density at radius 2 is 2.07 bits per heavy atom. The van der Waals surface area contributed by atoms with Crippen LogP contribution in [0.1, 0.15) is 26.7 Å². The van der Waals surface area contributed by atoms with E-state index in [9.17, 15) is 0 Å². The largest absolute Gasteiger partial charge is 0.381 e. The Bertz CT molecular complexity index is 199. The Kier molecular flexibility index (Phi) is 2.82. The Labute approximate surface area is 86.8 Å². The van der Waals surface area contributed by atoms with E-state index in [0.29, 0.717) is 6.10 Å². The lowest BCUT2D eigenvalue weighted by atomic mass is 9.86. The molecule has 0 radical (unpaired) electrons. The molecule has 0 aromatic carbocycles. The Morgan fingerprint density at radius 1 is 1.36 bits per heavy atom. The van der Waals surface area contributed by atoms with E-state index >= 15 is 0 Å². The average molecular weight is 198 g/mol. The molecule has 2 rings (SSSR count). The molecule has 14 heavy (non-hydrogen) atoms. The highest BCUT2D eigenvalue weighted by Gasteiger charge is 2.37. The van der Waals surface area contributed by atoms with E-state index in [2.05, 4.69) is 24.1 Å². The van der Waals surface area contributed by atoms with Crippen LogP contribution in [0.2, 0.25) is 0 Å². The lowest BCUT2D eigenvalue weighted by molar-refractivity contribution is -0.0404. The number of methoxy groups -OCH3 is 1. The van der Waals surface area contributed by atoms with E-state index in [4.69, 9.17) is 4.74 Å². The van der Waals surface area contributed by atoms with Gasteiger partial charge in [-0.1, -0.05) is 0 Å². The molecule has 82 valence electrons. The molecule has 1 saturated heterocycles. The third kappa shape index (κ3) is 2.10. The first-order chi connectivity index (χ1) is 6.61. The molecule has 1 N–H and O–H groups in total. The first kappa shape index (κ1) is 10.4. The maximum Gasteiger partial charge on any atom is 0.0601 e. The van der Waals surface area contributed by atoms with Crippen molar-refractivity contribution in [3.8, 4) is 0 Å². The van der Waals surface area contributed by atoms with Crippen LogP contribution in [0.25, 0.3) is 0 Å². The van der Waals surface area contributed by atoms with Gasteiger partial charge < -0.3 is 10.1 Å². The van der Waals surface area contributed by atoms with Crippen LogP contribution in [-0.4, -0.2) is 49.3 Å². The second kappa shape index (κ2) is 3.80. The van der Waals surface area contributed by atoms with Crippen molar-refractivity contribution in [2.24, 2.45) is 0 Å². The molecule has 0 unspecified atom stereocenters. The zero-order valence-corrected chi connectivity index (χ0v) is 9.55. The van der Waals surface area contributed by atoms with Crippen molar-refractivity contribution in [1.82, 2.24) is 10.2 Å². The van der Waals surface area contributed by atoms with Crippen molar-refractivity contribution in [1.29, 1.82) is 0 Å². The zero-order chi connectivity index (χ0) is 10.2. The third-order valence-electron chi connectivity index (χ3n) is 3.52.